The molecule has 1 saturated carbocycles. The van der Waals surface area contributed by atoms with Crippen LogP contribution in [0.3, 0.4) is 0 Å². The van der Waals surface area contributed by atoms with Gasteiger partial charge in [-0.1, -0.05) is 6.92 Å². The van der Waals surface area contributed by atoms with Gasteiger partial charge >= 0.3 is 0 Å². The van der Waals surface area contributed by atoms with Gasteiger partial charge in [0.15, 0.2) is 0 Å². The molecule has 0 bridgehead atoms. The molecule has 100 valence electrons. The van der Waals surface area contributed by atoms with Gasteiger partial charge in [-0.15, -0.1) is 0 Å². The SMILES string of the molecule is CC1CCC(F)(COC[C@@H]2COCCO2)CC1. The quantitative estimate of drug-likeness (QED) is 0.762. The highest BCUT2D eigenvalue weighted by Gasteiger charge is 2.34. The van der Waals surface area contributed by atoms with Crippen LogP contribution in [0.5, 0.6) is 0 Å². The highest BCUT2D eigenvalue weighted by atomic mass is 19.1. The maximum absolute atomic E-state index is 14.3. The Morgan fingerprint density at radius 1 is 1.29 bits per heavy atom. The predicted octanol–water partition coefficient (Wildman–Crippen LogP) is 2.34. The van der Waals surface area contributed by atoms with E-state index in [0.29, 0.717) is 45.2 Å². The molecule has 1 aliphatic carbocycles. The number of rotatable bonds is 4. The van der Waals surface area contributed by atoms with Crippen LogP contribution in [0.4, 0.5) is 4.39 Å². The van der Waals surface area contributed by atoms with Crippen molar-refractivity contribution in [1.29, 1.82) is 0 Å². The fourth-order valence-electron chi connectivity index (χ4n) is 2.43. The molecule has 0 aromatic carbocycles. The van der Waals surface area contributed by atoms with Crippen molar-refractivity contribution in [3.8, 4) is 0 Å². The van der Waals surface area contributed by atoms with Gasteiger partial charge in [0.2, 0.25) is 0 Å². The van der Waals surface area contributed by atoms with Crippen molar-refractivity contribution in [3.63, 3.8) is 0 Å². The van der Waals surface area contributed by atoms with Crippen LogP contribution in [0.2, 0.25) is 0 Å². The Morgan fingerprint density at radius 3 is 2.71 bits per heavy atom. The van der Waals surface area contributed by atoms with Gasteiger partial charge in [0, 0.05) is 0 Å². The fourth-order valence-corrected chi connectivity index (χ4v) is 2.43. The number of halogens is 1. The van der Waals surface area contributed by atoms with Gasteiger partial charge in [-0.2, -0.15) is 0 Å². The van der Waals surface area contributed by atoms with Crippen LogP contribution < -0.4 is 0 Å². The summed E-state index contributed by atoms with van der Waals surface area (Å²) in [7, 11) is 0. The van der Waals surface area contributed by atoms with Gasteiger partial charge in [-0.3, -0.25) is 0 Å². The first kappa shape index (κ1) is 13.2. The van der Waals surface area contributed by atoms with E-state index in [-0.39, 0.29) is 12.7 Å². The van der Waals surface area contributed by atoms with E-state index >= 15 is 0 Å². The molecule has 2 aliphatic rings. The lowest BCUT2D eigenvalue weighted by molar-refractivity contribution is -0.126. The summed E-state index contributed by atoms with van der Waals surface area (Å²) in [5.74, 6) is 0.661. The first-order valence-electron chi connectivity index (χ1n) is 6.64. The van der Waals surface area contributed by atoms with Gasteiger partial charge < -0.3 is 14.2 Å². The Morgan fingerprint density at radius 2 is 2.06 bits per heavy atom. The Labute approximate surface area is 103 Å². The van der Waals surface area contributed by atoms with E-state index in [1.807, 2.05) is 0 Å². The monoisotopic (exact) mass is 246 g/mol. The smallest absolute Gasteiger partial charge is 0.134 e. The lowest BCUT2D eigenvalue weighted by Crippen LogP contribution is -2.37. The van der Waals surface area contributed by atoms with E-state index < -0.39 is 5.67 Å². The summed E-state index contributed by atoms with van der Waals surface area (Å²) >= 11 is 0. The third-order valence-electron chi connectivity index (χ3n) is 3.72. The van der Waals surface area contributed by atoms with Crippen LogP contribution in [0.15, 0.2) is 0 Å². The summed E-state index contributed by atoms with van der Waals surface area (Å²) in [6.07, 6.45) is 3.20. The summed E-state index contributed by atoms with van der Waals surface area (Å²) in [5.41, 5.74) is -1.11. The predicted molar refractivity (Wildman–Crippen MR) is 62.8 cm³/mol. The summed E-state index contributed by atoms with van der Waals surface area (Å²) in [6, 6.07) is 0. The number of ether oxygens (including phenoxy) is 3. The van der Waals surface area contributed by atoms with Crippen molar-refractivity contribution in [2.45, 2.75) is 44.4 Å². The zero-order chi connectivity index (χ0) is 12.1. The van der Waals surface area contributed by atoms with Crippen LogP contribution in [0, 0.1) is 5.92 Å². The molecule has 0 aromatic heterocycles. The van der Waals surface area contributed by atoms with Crippen molar-refractivity contribution in [2.24, 2.45) is 5.92 Å². The molecular weight excluding hydrogens is 223 g/mol. The minimum atomic E-state index is -1.11. The third kappa shape index (κ3) is 4.19. The van der Waals surface area contributed by atoms with E-state index in [0.717, 1.165) is 12.8 Å². The largest absolute Gasteiger partial charge is 0.376 e. The molecule has 1 atom stereocenters. The maximum atomic E-state index is 14.3. The molecular formula is C13H23FO3. The minimum Gasteiger partial charge on any atom is -0.376 e. The van der Waals surface area contributed by atoms with Gasteiger partial charge in [0.1, 0.15) is 11.8 Å². The molecule has 2 rings (SSSR count). The standard InChI is InChI=1S/C13H23FO3/c1-11-2-4-13(14,5-3-11)10-16-9-12-8-15-6-7-17-12/h11-12H,2-10H2,1H3/t11?,12-,13?/m0/s1. The van der Waals surface area contributed by atoms with E-state index in [9.17, 15) is 4.39 Å². The molecule has 1 aliphatic heterocycles. The molecule has 0 aromatic rings. The third-order valence-corrected chi connectivity index (χ3v) is 3.72. The van der Waals surface area contributed by atoms with Crippen LogP contribution in [-0.2, 0) is 14.2 Å². The Balaban J connectivity index is 1.63. The van der Waals surface area contributed by atoms with Crippen LogP contribution in [0.1, 0.15) is 32.6 Å². The summed E-state index contributed by atoms with van der Waals surface area (Å²) in [6.45, 7) is 4.68. The first-order valence-corrected chi connectivity index (χ1v) is 6.64. The summed E-state index contributed by atoms with van der Waals surface area (Å²) in [4.78, 5) is 0. The fraction of sp³-hybridized carbons (Fsp3) is 1.00. The number of alkyl halides is 1. The van der Waals surface area contributed by atoms with Crippen molar-refractivity contribution < 1.29 is 18.6 Å². The highest BCUT2D eigenvalue weighted by molar-refractivity contribution is 4.84. The molecule has 1 heterocycles. The normalized spacial score (nSPS) is 39.2. The number of hydrogen-bond donors (Lipinski definition) is 0. The lowest BCUT2D eigenvalue weighted by Gasteiger charge is -2.33. The average molecular weight is 246 g/mol. The van der Waals surface area contributed by atoms with Crippen molar-refractivity contribution in [1.82, 2.24) is 0 Å². The molecule has 1 saturated heterocycles. The zero-order valence-corrected chi connectivity index (χ0v) is 10.6. The minimum absolute atomic E-state index is 0.0186. The molecule has 0 amide bonds. The van der Waals surface area contributed by atoms with Gasteiger partial charge in [-0.25, -0.2) is 4.39 Å². The lowest BCUT2D eigenvalue weighted by atomic mass is 9.81. The van der Waals surface area contributed by atoms with E-state index in [4.69, 9.17) is 14.2 Å². The van der Waals surface area contributed by atoms with Crippen LogP contribution >= 0.6 is 0 Å². The molecule has 0 unspecified atom stereocenters. The van der Waals surface area contributed by atoms with Gasteiger partial charge in [0.25, 0.3) is 0 Å². The van der Waals surface area contributed by atoms with Crippen molar-refractivity contribution >= 4 is 0 Å². The second kappa shape index (κ2) is 6.12. The van der Waals surface area contributed by atoms with E-state index in [1.165, 1.54) is 0 Å². The Kier molecular flexibility index (Phi) is 4.77. The van der Waals surface area contributed by atoms with Gasteiger partial charge in [-0.05, 0) is 31.6 Å². The van der Waals surface area contributed by atoms with E-state index in [2.05, 4.69) is 6.92 Å². The second-order valence-corrected chi connectivity index (χ2v) is 5.42. The first-order chi connectivity index (χ1) is 8.18. The van der Waals surface area contributed by atoms with Crippen LogP contribution in [-0.4, -0.2) is 44.8 Å². The molecule has 17 heavy (non-hydrogen) atoms. The summed E-state index contributed by atoms with van der Waals surface area (Å²) in [5, 5.41) is 0. The van der Waals surface area contributed by atoms with Crippen molar-refractivity contribution in [2.75, 3.05) is 33.0 Å². The second-order valence-electron chi connectivity index (χ2n) is 5.42. The average Bonchev–Trinajstić information content (AvgIpc) is 2.35. The molecule has 0 radical (unpaired) electrons. The van der Waals surface area contributed by atoms with Gasteiger partial charge in [0.05, 0.1) is 33.0 Å². The number of hydrogen-bond acceptors (Lipinski definition) is 3. The topological polar surface area (TPSA) is 27.7 Å². The molecule has 0 N–H and O–H groups in total. The van der Waals surface area contributed by atoms with Crippen LogP contribution in [0.25, 0.3) is 0 Å². The molecule has 0 spiro atoms. The highest BCUT2D eigenvalue weighted by Crippen LogP contribution is 2.35. The summed E-state index contributed by atoms with van der Waals surface area (Å²) < 4.78 is 30.5. The molecule has 3 nitrogen and oxygen atoms in total. The Hall–Kier alpha value is -0.190. The van der Waals surface area contributed by atoms with E-state index in [1.54, 1.807) is 0 Å². The van der Waals surface area contributed by atoms with Crippen molar-refractivity contribution in [3.05, 3.63) is 0 Å². The maximum Gasteiger partial charge on any atom is 0.134 e. The molecule has 2 fully saturated rings. The Bertz CT molecular complexity index is 221. The molecule has 4 heteroatoms. The zero-order valence-electron chi connectivity index (χ0n) is 10.6.